The number of H-pyrrole nitrogens is 1. The normalized spacial score (nSPS) is 21.3. The van der Waals surface area contributed by atoms with Crippen molar-refractivity contribution in [3.8, 4) is 11.5 Å². The summed E-state index contributed by atoms with van der Waals surface area (Å²) in [7, 11) is 1.84. The van der Waals surface area contributed by atoms with Crippen LogP contribution in [0.2, 0.25) is 0 Å². The van der Waals surface area contributed by atoms with Crippen LogP contribution in [0.5, 0.6) is 11.5 Å². The van der Waals surface area contributed by atoms with E-state index in [9.17, 15) is 9.59 Å². The molecule has 1 aromatic carbocycles. The highest BCUT2D eigenvalue weighted by atomic mass is 16.7. The second-order valence-electron chi connectivity index (χ2n) is 9.28. The van der Waals surface area contributed by atoms with E-state index in [4.69, 9.17) is 9.47 Å². The van der Waals surface area contributed by atoms with E-state index in [2.05, 4.69) is 15.5 Å². The Morgan fingerprint density at radius 1 is 1.19 bits per heavy atom. The van der Waals surface area contributed by atoms with Crippen molar-refractivity contribution in [1.82, 2.24) is 20.4 Å². The fourth-order valence-electron chi connectivity index (χ4n) is 5.15. The molecule has 0 bridgehead atoms. The van der Waals surface area contributed by atoms with Crippen LogP contribution in [0.25, 0.3) is 0 Å². The van der Waals surface area contributed by atoms with Crippen LogP contribution in [0.4, 0.5) is 0 Å². The lowest BCUT2D eigenvalue weighted by molar-refractivity contribution is -0.131. The van der Waals surface area contributed by atoms with Gasteiger partial charge >= 0.3 is 0 Å². The summed E-state index contributed by atoms with van der Waals surface area (Å²) in [6.07, 6.45) is 7.33. The number of hydrogen-bond donors (Lipinski definition) is 2. The van der Waals surface area contributed by atoms with Crippen molar-refractivity contribution in [2.24, 2.45) is 0 Å². The average molecular weight is 439 g/mol. The maximum atomic E-state index is 13.0. The highest BCUT2D eigenvalue weighted by molar-refractivity contribution is 5.80. The van der Waals surface area contributed by atoms with Gasteiger partial charge in [0.25, 0.3) is 0 Å². The van der Waals surface area contributed by atoms with Gasteiger partial charge in [-0.2, -0.15) is 5.10 Å². The summed E-state index contributed by atoms with van der Waals surface area (Å²) in [6.45, 7) is 0.757. The molecule has 8 heteroatoms. The zero-order valence-electron chi connectivity index (χ0n) is 18.5. The number of aromatic nitrogens is 2. The van der Waals surface area contributed by atoms with Gasteiger partial charge in [0, 0.05) is 31.1 Å². The van der Waals surface area contributed by atoms with Crippen molar-refractivity contribution in [3.05, 3.63) is 40.7 Å². The van der Waals surface area contributed by atoms with E-state index in [1.54, 1.807) is 4.90 Å². The predicted molar refractivity (Wildman–Crippen MR) is 117 cm³/mol. The average Bonchev–Trinajstić information content (AvgIpc) is 3.51. The Morgan fingerprint density at radius 3 is 2.88 bits per heavy atom. The molecule has 1 aliphatic carbocycles. The molecule has 0 spiro atoms. The third-order valence-corrected chi connectivity index (χ3v) is 6.99. The van der Waals surface area contributed by atoms with Crippen molar-refractivity contribution < 1.29 is 19.1 Å². The molecule has 2 amide bonds. The summed E-state index contributed by atoms with van der Waals surface area (Å²) in [4.78, 5) is 26.8. The highest BCUT2D eigenvalue weighted by Gasteiger charge is 2.38. The van der Waals surface area contributed by atoms with E-state index in [1.807, 2.05) is 25.2 Å². The van der Waals surface area contributed by atoms with Crippen LogP contribution in [0.1, 0.15) is 61.0 Å². The van der Waals surface area contributed by atoms with E-state index in [-0.39, 0.29) is 18.6 Å². The van der Waals surface area contributed by atoms with E-state index < -0.39 is 5.54 Å². The van der Waals surface area contributed by atoms with Gasteiger partial charge in [-0.05, 0) is 68.2 Å². The van der Waals surface area contributed by atoms with Crippen molar-refractivity contribution in [2.75, 3.05) is 13.8 Å². The van der Waals surface area contributed by atoms with E-state index in [0.717, 1.165) is 42.0 Å². The Balaban J connectivity index is 1.23. The van der Waals surface area contributed by atoms with Crippen LogP contribution >= 0.6 is 0 Å². The van der Waals surface area contributed by atoms with Crippen LogP contribution in [-0.2, 0) is 35.4 Å². The van der Waals surface area contributed by atoms with Gasteiger partial charge in [0.2, 0.25) is 18.6 Å². The van der Waals surface area contributed by atoms with Crippen LogP contribution in [-0.4, -0.2) is 46.3 Å². The molecule has 1 saturated heterocycles. The number of rotatable bonds is 7. The SMILES string of the molecule is CN(Cc1n[nH]c2c1CCCC2)C(=O)CCC1(Cc2ccc3c(c2)OCO3)CCC(=O)N1. The maximum Gasteiger partial charge on any atom is 0.231 e. The van der Waals surface area contributed by atoms with Crippen molar-refractivity contribution in [2.45, 2.75) is 69.9 Å². The van der Waals surface area contributed by atoms with Gasteiger partial charge in [-0.1, -0.05) is 6.07 Å². The number of carbonyl (C=O) groups excluding carboxylic acids is 2. The lowest BCUT2D eigenvalue weighted by Gasteiger charge is -2.30. The first-order chi connectivity index (χ1) is 15.5. The molecular weight excluding hydrogens is 408 g/mol. The quantitative estimate of drug-likeness (QED) is 0.693. The van der Waals surface area contributed by atoms with E-state index in [0.29, 0.717) is 32.2 Å². The number of fused-ring (bicyclic) bond motifs is 2. The summed E-state index contributed by atoms with van der Waals surface area (Å²) in [5.41, 5.74) is 4.16. The topological polar surface area (TPSA) is 96.6 Å². The number of aryl methyl sites for hydroxylation is 1. The zero-order valence-corrected chi connectivity index (χ0v) is 18.5. The molecule has 2 aliphatic heterocycles. The summed E-state index contributed by atoms with van der Waals surface area (Å²) < 4.78 is 10.9. The molecule has 3 aliphatic rings. The molecule has 0 saturated carbocycles. The van der Waals surface area contributed by atoms with Crippen LogP contribution in [0.3, 0.4) is 0 Å². The van der Waals surface area contributed by atoms with Crippen molar-refractivity contribution in [1.29, 1.82) is 0 Å². The van der Waals surface area contributed by atoms with Gasteiger partial charge in [-0.15, -0.1) is 0 Å². The molecule has 1 atom stereocenters. The van der Waals surface area contributed by atoms with Gasteiger partial charge in [0.1, 0.15) is 0 Å². The molecule has 32 heavy (non-hydrogen) atoms. The molecule has 8 nitrogen and oxygen atoms in total. The number of nitrogens with zero attached hydrogens (tertiary/aromatic N) is 2. The van der Waals surface area contributed by atoms with Gasteiger partial charge in [0.05, 0.1) is 12.2 Å². The minimum atomic E-state index is -0.410. The first kappa shape index (κ1) is 20.8. The molecule has 1 aromatic heterocycles. The summed E-state index contributed by atoms with van der Waals surface area (Å²) in [6, 6.07) is 5.89. The third kappa shape index (κ3) is 4.18. The second kappa shape index (κ2) is 8.48. The number of aromatic amines is 1. The first-order valence-corrected chi connectivity index (χ1v) is 11.5. The molecule has 5 rings (SSSR count). The Hall–Kier alpha value is -3.03. The van der Waals surface area contributed by atoms with Crippen LogP contribution in [0.15, 0.2) is 18.2 Å². The lowest BCUT2D eigenvalue weighted by atomic mass is 9.84. The second-order valence-corrected chi connectivity index (χ2v) is 9.28. The molecular formula is C24H30N4O4. The molecule has 0 radical (unpaired) electrons. The Morgan fingerprint density at radius 2 is 2.03 bits per heavy atom. The molecule has 2 N–H and O–H groups in total. The number of amides is 2. The number of ether oxygens (including phenoxy) is 2. The fraction of sp³-hybridized carbons (Fsp3) is 0.542. The number of nitrogens with one attached hydrogen (secondary N) is 2. The Bertz CT molecular complexity index is 1030. The molecule has 1 fully saturated rings. The molecule has 170 valence electrons. The van der Waals surface area contributed by atoms with E-state index in [1.165, 1.54) is 24.1 Å². The van der Waals surface area contributed by atoms with Gasteiger partial charge in [-0.25, -0.2) is 0 Å². The monoisotopic (exact) mass is 438 g/mol. The highest BCUT2D eigenvalue weighted by Crippen LogP contribution is 2.36. The van der Waals surface area contributed by atoms with Gasteiger partial charge in [0.15, 0.2) is 11.5 Å². The number of hydrogen-bond acceptors (Lipinski definition) is 5. The smallest absolute Gasteiger partial charge is 0.231 e. The van der Waals surface area contributed by atoms with Crippen molar-refractivity contribution in [3.63, 3.8) is 0 Å². The molecule has 3 heterocycles. The minimum absolute atomic E-state index is 0.0506. The first-order valence-electron chi connectivity index (χ1n) is 11.5. The number of carbonyl (C=O) groups is 2. The van der Waals surface area contributed by atoms with Crippen LogP contribution < -0.4 is 14.8 Å². The zero-order chi connectivity index (χ0) is 22.1. The standard InChI is InChI=1S/C24H30N4O4/c1-28(14-19-17-4-2-3-5-18(17)26-27-19)23(30)9-11-24(10-8-22(29)25-24)13-16-6-7-20-21(12-16)32-15-31-20/h6-7,12H,2-5,8-11,13-15H2,1H3,(H,25,29)(H,26,27). The van der Waals surface area contributed by atoms with Crippen molar-refractivity contribution >= 4 is 11.8 Å². The predicted octanol–water partition coefficient (Wildman–Crippen LogP) is 2.65. The summed E-state index contributed by atoms with van der Waals surface area (Å²) in [5, 5.41) is 10.8. The third-order valence-electron chi connectivity index (χ3n) is 6.99. The lowest BCUT2D eigenvalue weighted by Crippen LogP contribution is -2.44. The molecule has 2 aromatic rings. The fourth-order valence-corrected chi connectivity index (χ4v) is 5.15. The minimum Gasteiger partial charge on any atom is -0.454 e. The number of benzene rings is 1. The van der Waals surface area contributed by atoms with Crippen LogP contribution in [0, 0.1) is 0 Å². The van der Waals surface area contributed by atoms with Gasteiger partial charge in [-0.3, -0.25) is 14.7 Å². The maximum absolute atomic E-state index is 13.0. The Labute approximate surface area is 187 Å². The molecule has 1 unspecified atom stereocenters. The largest absolute Gasteiger partial charge is 0.454 e. The summed E-state index contributed by atoms with van der Waals surface area (Å²) in [5.74, 6) is 1.61. The summed E-state index contributed by atoms with van der Waals surface area (Å²) >= 11 is 0. The van der Waals surface area contributed by atoms with Gasteiger partial charge < -0.3 is 19.7 Å². The Kier molecular flexibility index (Phi) is 5.53. The van der Waals surface area contributed by atoms with E-state index >= 15 is 0 Å².